The zero-order valence-corrected chi connectivity index (χ0v) is 15.6. The molecule has 0 heterocycles. The Balaban J connectivity index is 2.26. The molecule has 0 saturated carbocycles. The second-order valence-corrected chi connectivity index (χ2v) is 13.3. The summed E-state index contributed by atoms with van der Waals surface area (Å²) in [6, 6.07) is 18.9. The Bertz CT molecular complexity index is 676. The molecule has 0 fully saturated rings. The summed E-state index contributed by atoms with van der Waals surface area (Å²) in [5.74, 6) is 0.392. The fraction of sp³-hybridized carbons (Fsp3) is 0.211. The number of allylic oxidation sites excluding steroid dienone is 1. The molecule has 0 N–H and O–H groups in total. The number of hydrogen-bond donors (Lipinski definition) is 0. The van der Waals surface area contributed by atoms with E-state index in [0.29, 0.717) is 11.3 Å². The minimum atomic E-state index is -1.86. The van der Waals surface area contributed by atoms with Crippen molar-refractivity contribution in [2.24, 2.45) is 0 Å². The van der Waals surface area contributed by atoms with Crippen LogP contribution in [0.15, 0.2) is 71.3 Å². The average Bonchev–Trinajstić information content (AvgIpc) is 2.53. The van der Waals surface area contributed by atoms with E-state index >= 15 is 0 Å². The molecule has 23 heavy (non-hydrogen) atoms. The van der Waals surface area contributed by atoms with Crippen molar-refractivity contribution < 1.29 is 9.35 Å². The first-order valence-electron chi connectivity index (χ1n) is 7.62. The smallest absolute Gasteiger partial charge is 0.189 e. The van der Waals surface area contributed by atoms with Gasteiger partial charge in [-0.1, -0.05) is 80.3 Å². The van der Waals surface area contributed by atoms with Gasteiger partial charge in [0.25, 0.3) is 0 Å². The van der Waals surface area contributed by atoms with E-state index in [0.717, 1.165) is 10.1 Å². The number of carbonyl (C=O) groups is 1. The summed E-state index contributed by atoms with van der Waals surface area (Å²) in [5, 5.41) is 0. The summed E-state index contributed by atoms with van der Waals surface area (Å²) in [7, 11) is -1.86. The highest BCUT2D eigenvalue weighted by Gasteiger charge is 2.31. The topological polar surface area (TPSA) is 40.1 Å². The lowest BCUT2D eigenvalue weighted by Crippen LogP contribution is -2.31. The van der Waals surface area contributed by atoms with E-state index < -0.39 is 19.2 Å². The van der Waals surface area contributed by atoms with E-state index in [1.807, 2.05) is 48.5 Å². The largest absolute Gasteiger partial charge is 0.612 e. The lowest BCUT2D eigenvalue weighted by atomic mass is 10.1. The van der Waals surface area contributed by atoms with Crippen molar-refractivity contribution in [3.05, 3.63) is 82.4 Å². The Hall–Kier alpha value is -1.62. The van der Waals surface area contributed by atoms with E-state index in [1.165, 1.54) is 0 Å². The lowest BCUT2D eigenvalue weighted by molar-refractivity contribution is 0.104. The molecule has 4 heteroatoms. The summed E-state index contributed by atoms with van der Waals surface area (Å²) < 4.78 is 13.7. The predicted molar refractivity (Wildman–Crippen MR) is 100 cm³/mol. The normalized spacial score (nSPS) is 13.7. The van der Waals surface area contributed by atoms with Crippen LogP contribution >= 0.6 is 0 Å². The zero-order valence-electron chi connectivity index (χ0n) is 13.8. The molecule has 0 radical (unpaired) electrons. The third-order valence-electron chi connectivity index (χ3n) is 3.45. The molecule has 2 aromatic carbocycles. The molecule has 0 bridgehead atoms. The van der Waals surface area contributed by atoms with Gasteiger partial charge in [0.1, 0.15) is 18.4 Å². The molecule has 1 unspecified atom stereocenters. The fourth-order valence-electron chi connectivity index (χ4n) is 2.23. The van der Waals surface area contributed by atoms with Crippen LogP contribution in [0.4, 0.5) is 0 Å². The average molecular weight is 343 g/mol. The number of ketones is 1. The van der Waals surface area contributed by atoms with Gasteiger partial charge in [-0.15, -0.1) is 0 Å². The van der Waals surface area contributed by atoms with Crippen molar-refractivity contribution in [2.75, 3.05) is 0 Å². The van der Waals surface area contributed by atoms with Crippen LogP contribution in [0.5, 0.6) is 0 Å². The summed E-state index contributed by atoms with van der Waals surface area (Å²) in [5.41, 5.74) is 1.67. The van der Waals surface area contributed by atoms with E-state index in [9.17, 15) is 9.35 Å². The van der Waals surface area contributed by atoms with E-state index in [4.69, 9.17) is 0 Å². The van der Waals surface area contributed by atoms with Gasteiger partial charge < -0.3 is 4.55 Å². The first-order chi connectivity index (χ1) is 10.9. The minimum absolute atomic E-state index is 0.0653. The second-order valence-electron chi connectivity index (χ2n) is 6.46. The van der Waals surface area contributed by atoms with Crippen LogP contribution in [0.3, 0.4) is 0 Å². The monoisotopic (exact) mass is 342 g/mol. The van der Waals surface area contributed by atoms with Gasteiger partial charge in [-0.3, -0.25) is 4.79 Å². The van der Waals surface area contributed by atoms with E-state index in [-0.39, 0.29) is 5.78 Å². The van der Waals surface area contributed by atoms with Crippen molar-refractivity contribution in [1.82, 2.24) is 0 Å². The summed E-state index contributed by atoms with van der Waals surface area (Å²) in [6.07, 6.45) is 1.61. The third-order valence-corrected chi connectivity index (χ3v) is 8.79. The number of carbonyl (C=O) groups excluding carboxylic acids is 1. The van der Waals surface area contributed by atoms with Gasteiger partial charge in [0.15, 0.2) is 5.78 Å². The fourth-order valence-corrected chi connectivity index (χ4v) is 6.63. The van der Waals surface area contributed by atoms with Crippen molar-refractivity contribution in [2.45, 2.75) is 25.4 Å². The maximum atomic E-state index is 12.9. The summed E-state index contributed by atoms with van der Waals surface area (Å²) in [4.78, 5) is 12.5. The first kappa shape index (κ1) is 17.7. The van der Waals surface area contributed by atoms with Gasteiger partial charge in [0.2, 0.25) is 0 Å². The maximum absolute atomic E-state index is 12.9. The highest BCUT2D eigenvalue weighted by atomic mass is 32.2. The van der Waals surface area contributed by atoms with Gasteiger partial charge in [0, 0.05) is 17.2 Å². The maximum Gasteiger partial charge on any atom is 0.189 e. The predicted octanol–water partition coefficient (Wildman–Crippen LogP) is 4.58. The molecular formula is C19H22O2SSi. The Morgan fingerprint density at radius 2 is 1.52 bits per heavy atom. The minimum Gasteiger partial charge on any atom is -0.612 e. The van der Waals surface area contributed by atoms with Gasteiger partial charge in [-0.2, -0.15) is 0 Å². The van der Waals surface area contributed by atoms with Crippen molar-refractivity contribution in [1.29, 1.82) is 0 Å². The van der Waals surface area contributed by atoms with Gasteiger partial charge in [-0.25, -0.2) is 0 Å². The number of hydrogen-bond acceptors (Lipinski definition) is 2. The Morgan fingerprint density at radius 3 is 2.04 bits per heavy atom. The third kappa shape index (κ3) is 5.20. The van der Waals surface area contributed by atoms with Crippen LogP contribution in [0, 0.1) is 0 Å². The molecule has 0 amide bonds. The Kier molecular flexibility index (Phi) is 5.99. The Morgan fingerprint density at radius 1 is 1.00 bits per heavy atom. The van der Waals surface area contributed by atoms with E-state index in [1.54, 1.807) is 18.2 Å². The van der Waals surface area contributed by atoms with Crippen LogP contribution in [0.1, 0.15) is 15.9 Å². The zero-order chi connectivity index (χ0) is 16.9. The van der Waals surface area contributed by atoms with Crippen LogP contribution in [-0.2, 0) is 16.9 Å². The molecular weight excluding hydrogens is 320 g/mol. The quantitative estimate of drug-likeness (QED) is 0.334. The van der Waals surface area contributed by atoms with Crippen molar-refractivity contribution >= 4 is 25.0 Å². The molecule has 0 aromatic heterocycles. The molecule has 2 aromatic rings. The van der Waals surface area contributed by atoms with Crippen molar-refractivity contribution in [3.8, 4) is 0 Å². The first-order valence-corrected chi connectivity index (χ1v) is 12.4. The van der Waals surface area contributed by atoms with Gasteiger partial charge >= 0.3 is 0 Å². The summed E-state index contributed by atoms with van der Waals surface area (Å²) in [6.45, 7) is 6.38. The number of benzene rings is 2. The van der Waals surface area contributed by atoms with Crippen LogP contribution in [0.2, 0.25) is 19.6 Å². The molecule has 0 aliphatic rings. The second kappa shape index (κ2) is 7.77. The van der Waals surface area contributed by atoms with Crippen LogP contribution in [0.25, 0.3) is 0 Å². The van der Waals surface area contributed by atoms with E-state index in [2.05, 4.69) is 19.6 Å². The standard InChI is InChI=1S/C19H22O2SSi/c1-23(2,3)19(14-18(20)17-12-8-5-9-13-17)22(21)15-16-10-6-4-7-11-16/h4-14H,15H2,1-3H3/b19-14-. The highest BCUT2D eigenvalue weighted by Crippen LogP contribution is 2.25. The molecule has 0 aliphatic heterocycles. The number of rotatable bonds is 6. The van der Waals surface area contributed by atoms with Crippen LogP contribution < -0.4 is 0 Å². The summed E-state index contributed by atoms with van der Waals surface area (Å²) >= 11 is -1.17. The molecule has 0 spiro atoms. The lowest BCUT2D eigenvalue weighted by Gasteiger charge is -2.23. The van der Waals surface area contributed by atoms with Gasteiger partial charge in [0.05, 0.1) is 0 Å². The molecule has 2 rings (SSSR count). The van der Waals surface area contributed by atoms with Crippen LogP contribution in [-0.4, -0.2) is 18.4 Å². The molecule has 120 valence electrons. The van der Waals surface area contributed by atoms with Gasteiger partial charge in [-0.05, 0) is 11.2 Å². The molecule has 1 atom stereocenters. The Labute approximate surface area is 142 Å². The highest BCUT2D eigenvalue weighted by molar-refractivity contribution is 7.97. The molecule has 0 saturated heterocycles. The SMILES string of the molecule is C[Si](C)(C)/C(=C\C(=O)c1ccccc1)[S+]([O-])Cc1ccccc1. The van der Waals surface area contributed by atoms with Crippen molar-refractivity contribution in [3.63, 3.8) is 0 Å². The molecule has 0 aliphatic carbocycles. The molecule has 2 nitrogen and oxygen atoms in total.